The quantitative estimate of drug-likeness (QED) is 0.0641. The van der Waals surface area contributed by atoms with Crippen LogP contribution in [0, 0.1) is 0 Å². The van der Waals surface area contributed by atoms with Crippen LogP contribution in [-0.4, -0.2) is 34.8 Å². The number of nitrogens with zero attached hydrogens (tertiary/aromatic N) is 3. The van der Waals surface area contributed by atoms with E-state index in [0.29, 0.717) is 29.5 Å². The standard InChI is InChI=1S/C32H43Cl3N6O5S2/c1-6-7-8-9-10-11-12-13-16-44-26-15-14-22(40-48(43)45-27-19-24(34)23(33)18-25(27)35)17-28(26)46-47(42)39-21(2)31-37-36-30-20-29(32(3,4)5)38-41(30)31/h14-15,17-21,38-40H,6-13,16H2,1-5H3. The van der Waals surface area contributed by atoms with Crippen LogP contribution in [0.25, 0.3) is 5.65 Å². The third kappa shape index (κ3) is 11.0. The maximum atomic E-state index is 13.3. The molecular formula is C32H43Cl3N6O5S2. The molecule has 0 spiro atoms. The van der Waals surface area contributed by atoms with Crippen molar-refractivity contribution < 1.29 is 21.5 Å². The second-order valence-corrected chi connectivity index (χ2v) is 15.4. The van der Waals surface area contributed by atoms with Gasteiger partial charge in [0.25, 0.3) is 11.3 Å². The maximum Gasteiger partial charge on any atom is 0.316 e. The van der Waals surface area contributed by atoms with Crippen LogP contribution < -0.4 is 22.5 Å². The number of aromatic amines is 1. The van der Waals surface area contributed by atoms with Gasteiger partial charge in [0.1, 0.15) is 0 Å². The highest BCUT2D eigenvalue weighted by atomic mass is 35.5. The van der Waals surface area contributed by atoms with E-state index in [9.17, 15) is 8.42 Å². The fraction of sp³-hybridized carbons (Fsp3) is 0.500. The molecule has 0 aliphatic carbocycles. The van der Waals surface area contributed by atoms with Crippen molar-refractivity contribution in [3.8, 4) is 17.2 Å². The number of hydrogen-bond acceptors (Lipinski definition) is 7. The number of ether oxygens (including phenoxy) is 1. The summed E-state index contributed by atoms with van der Waals surface area (Å²) < 4.78 is 50.9. The second kappa shape index (κ2) is 17.9. The van der Waals surface area contributed by atoms with E-state index in [2.05, 4.69) is 52.4 Å². The number of aromatic nitrogens is 4. The second-order valence-electron chi connectivity index (χ2n) is 12.4. The predicted molar refractivity (Wildman–Crippen MR) is 195 cm³/mol. The van der Waals surface area contributed by atoms with Gasteiger partial charge in [0, 0.05) is 29.3 Å². The molecule has 3 N–H and O–H groups in total. The zero-order chi connectivity index (χ0) is 34.8. The van der Waals surface area contributed by atoms with Crippen molar-refractivity contribution >= 4 is 68.7 Å². The molecule has 0 bridgehead atoms. The van der Waals surface area contributed by atoms with E-state index >= 15 is 0 Å². The summed E-state index contributed by atoms with van der Waals surface area (Å²) in [6, 6.07) is 9.04. The number of hydrogen-bond donors (Lipinski definition) is 3. The normalized spacial score (nSPS) is 13.8. The Labute approximate surface area is 302 Å². The molecule has 2 heterocycles. The number of nitrogens with one attached hydrogen (secondary N) is 3. The largest absolute Gasteiger partial charge is 0.490 e. The predicted octanol–water partition coefficient (Wildman–Crippen LogP) is 9.21. The van der Waals surface area contributed by atoms with Gasteiger partial charge in [-0.2, -0.15) is 13.1 Å². The van der Waals surface area contributed by atoms with Gasteiger partial charge in [-0.15, -0.1) is 10.2 Å². The average Bonchev–Trinajstić information content (AvgIpc) is 3.62. The van der Waals surface area contributed by atoms with Crippen LogP contribution in [0.4, 0.5) is 5.69 Å². The molecule has 0 amide bonds. The number of anilines is 1. The van der Waals surface area contributed by atoms with E-state index < -0.39 is 28.6 Å². The van der Waals surface area contributed by atoms with E-state index in [1.807, 2.05) is 13.0 Å². The summed E-state index contributed by atoms with van der Waals surface area (Å²) in [6.07, 6.45) is 9.31. The first-order valence-electron chi connectivity index (χ1n) is 15.9. The maximum absolute atomic E-state index is 13.3. The lowest BCUT2D eigenvalue weighted by Gasteiger charge is -2.16. The third-order valence-corrected chi connectivity index (χ3v) is 10.0. The topological polar surface area (TPSA) is 132 Å². The first-order chi connectivity index (χ1) is 22.8. The Morgan fingerprint density at radius 1 is 0.833 bits per heavy atom. The van der Waals surface area contributed by atoms with Crippen LogP contribution in [0.5, 0.6) is 17.2 Å². The van der Waals surface area contributed by atoms with Crippen molar-refractivity contribution in [1.29, 1.82) is 0 Å². The molecule has 0 aliphatic heterocycles. The zero-order valence-corrected chi connectivity index (χ0v) is 31.6. The van der Waals surface area contributed by atoms with Crippen LogP contribution in [-0.2, 0) is 27.9 Å². The summed E-state index contributed by atoms with van der Waals surface area (Å²) in [7, 11) is 0. The van der Waals surface area contributed by atoms with Crippen LogP contribution >= 0.6 is 34.8 Å². The molecule has 0 fully saturated rings. The van der Waals surface area contributed by atoms with Crippen molar-refractivity contribution in [3.63, 3.8) is 0 Å². The van der Waals surface area contributed by atoms with E-state index in [0.717, 1.165) is 25.0 Å². The first-order valence-corrected chi connectivity index (χ1v) is 19.2. The van der Waals surface area contributed by atoms with E-state index in [1.54, 1.807) is 16.6 Å². The zero-order valence-electron chi connectivity index (χ0n) is 27.7. The van der Waals surface area contributed by atoms with Crippen LogP contribution in [0.15, 0.2) is 36.4 Å². The lowest BCUT2D eigenvalue weighted by atomic mass is 9.93. The number of unbranched alkanes of at least 4 members (excludes halogenated alkanes) is 7. The molecule has 11 nitrogen and oxygen atoms in total. The van der Waals surface area contributed by atoms with Crippen LogP contribution in [0.1, 0.15) is 104 Å². The fourth-order valence-corrected chi connectivity index (χ4v) is 6.73. The SMILES string of the molecule is CCCCCCCCCCOc1ccc(NS(=O)Oc2cc(Cl)c(Cl)cc2Cl)cc1OS(=O)NC(C)c1nnc2cc(C(C)(C)C)[nH]n12. The molecule has 3 atom stereocenters. The highest BCUT2D eigenvalue weighted by molar-refractivity contribution is 7.82. The lowest BCUT2D eigenvalue weighted by molar-refractivity contribution is 0.296. The molecule has 16 heteroatoms. The summed E-state index contributed by atoms with van der Waals surface area (Å²) >= 11 is 14.1. The number of fused-ring (bicyclic) bond motifs is 1. The van der Waals surface area contributed by atoms with Gasteiger partial charge in [-0.1, -0.05) is 107 Å². The number of rotatable bonds is 19. The summed E-state index contributed by atoms with van der Waals surface area (Å²) in [6.45, 7) is 10.8. The molecule has 3 unspecified atom stereocenters. The van der Waals surface area contributed by atoms with Gasteiger partial charge >= 0.3 is 11.3 Å². The fourth-order valence-electron chi connectivity index (χ4n) is 4.71. The van der Waals surface area contributed by atoms with Gasteiger partial charge in [-0.3, -0.25) is 9.82 Å². The molecule has 2 aromatic carbocycles. The van der Waals surface area contributed by atoms with Crippen molar-refractivity contribution in [1.82, 2.24) is 24.5 Å². The molecule has 48 heavy (non-hydrogen) atoms. The summed E-state index contributed by atoms with van der Waals surface area (Å²) in [5.41, 5.74) is 1.88. The Bertz CT molecular complexity index is 1710. The first kappa shape index (κ1) is 38.3. The van der Waals surface area contributed by atoms with Crippen LogP contribution in [0.2, 0.25) is 15.1 Å². The minimum absolute atomic E-state index is 0.0808. The smallest absolute Gasteiger partial charge is 0.316 e. The van der Waals surface area contributed by atoms with Crippen molar-refractivity contribution in [2.24, 2.45) is 0 Å². The number of halogens is 3. The molecule has 0 saturated carbocycles. The highest BCUT2D eigenvalue weighted by Gasteiger charge is 2.23. The number of benzene rings is 2. The van der Waals surface area contributed by atoms with E-state index in [4.69, 9.17) is 47.9 Å². The van der Waals surface area contributed by atoms with Gasteiger partial charge in [0.15, 0.2) is 28.7 Å². The lowest BCUT2D eigenvalue weighted by Crippen LogP contribution is -2.27. The van der Waals surface area contributed by atoms with Crippen LogP contribution in [0.3, 0.4) is 0 Å². The Morgan fingerprint density at radius 3 is 2.21 bits per heavy atom. The minimum atomic E-state index is -2.08. The van der Waals surface area contributed by atoms with Crippen molar-refractivity contribution in [2.75, 3.05) is 11.3 Å². The molecule has 264 valence electrons. The molecule has 0 saturated heterocycles. The number of H-pyrrole nitrogens is 1. The third-order valence-electron chi connectivity index (χ3n) is 7.39. The molecule has 0 aliphatic rings. The summed E-state index contributed by atoms with van der Waals surface area (Å²) in [4.78, 5) is 0. The molecule has 4 aromatic rings. The van der Waals surface area contributed by atoms with Gasteiger partial charge in [0.05, 0.1) is 33.4 Å². The highest BCUT2D eigenvalue weighted by Crippen LogP contribution is 2.35. The monoisotopic (exact) mass is 760 g/mol. The van der Waals surface area contributed by atoms with Gasteiger partial charge < -0.3 is 13.1 Å². The van der Waals surface area contributed by atoms with Crippen molar-refractivity contribution in [3.05, 3.63) is 63.0 Å². The molecule has 0 radical (unpaired) electrons. The van der Waals surface area contributed by atoms with E-state index in [-0.39, 0.29) is 32.0 Å². The van der Waals surface area contributed by atoms with E-state index in [1.165, 1.54) is 50.3 Å². The minimum Gasteiger partial charge on any atom is -0.490 e. The Morgan fingerprint density at radius 2 is 1.50 bits per heavy atom. The Kier molecular flexibility index (Phi) is 14.3. The van der Waals surface area contributed by atoms with Gasteiger partial charge in [0.2, 0.25) is 0 Å². The van der Waals surface area contributed by atoms with Crippen molar-refractivity contribution in [2.45, 2.75) is 97.4 Å². The Balaban J connectivity index is 1.43. The molecule has 4 rings (SSSR count). The average molecular weight is 762 g/mol. The van der Waals surface area contributed by atoms with Gasteiger partial charge in [-0.25, -0.2) is 4.52 Å². The summed E-state index contributed by atoms with van der Waals surface area (Å²) in [5, 5.41) is 12.4. The molecule has 2 aromatic heterocycles. The summed E-state index contributed by atoms with van der Waals surface area (Å²) in [5.74, 6) is 1.17. The van der Waals surface area contributed by atoms with Gasteiger partial charge in [-0.05, 0) is 31.5 Å². The molecular weight excluding hydrogens is 719 g/mol. The Hall–Kier alpha value is -2.55.